The molecule has 0 radical (unpaired) electrons. The van der Waals surface area contributed by atoms with Crippen LogP contribution in [0.15, 0.2) is 24.3 Å². The molecule has 6 heteroatoms. The molecule has 0 fully saturated rings. The number of rotatable bonds is 4. The smallest absolute Gasteiger partial charge is 0.325 e. The minimum absolute atomic E-state index is 0.215. The first-order valence-electron chi connectivity index (χ1n) is 5.63. The van der Waals surface area contributed by atoms with Crippen molar-refractivity contribution in [2.75, 3.05) is 6.54 Å². The van der Waals surface area contributed by atoms with Crippen LogP contribution in [0.4, 0.5) is 14.0 Å². The number of halogens is 1. The molecule has 98 valence electrons. The van der Waals surface area contributed by atoms with Gasteiger partial charge in [0.15, 0.2) is 0 Å². The van der Waals surface area contributed by atoms with Crippen molar-refractivity contribution in [1.29, 1.82) is 0 Å². The van der Waals surface area contributed by atoms with Crippen LogP contribution in [0.5, 0.6) is 0 Å². The van der Waals surface area contributed by atoms with E-state index in [1.54, 1.807) is 12.1 Å². The normalized spacial score (nSPS) is 9.89. The van der Waals surface area contributed by atoms with E-state index >= 15 is 0 Å². The lowest BCUT2D eigenvalue weighted by molar-refractivity contribution is 0.191. The van der Waals surface area contributed by atoms with E-state index in [-0.39, 0.29) is 18.9 Å². The SMILES string of the molecule is CCCN(C(N)=O)C(=O)NCc1ccc(F)cc1. The third-order valence-electron chi connectivity index (χ3n) is 2.32. The number of hydrogen-bond donors (Lipinski definition) is 2. The van der Waals surface area contributed by atoms with Crippen LogP contribution in [0.2, 0.25) is 0 Å². The zero-order chi connectivity index (χ0) is 13.5. The molecule has 0 spiro atoms. The lowest BCUT2D eigenvalue weighted by Gasteiger charge is -2.18. The first-order chi connectivity index (χ1) is 8.54. The molecule has 5 nitrogen and oxygen atoms in total. The van der Waals surface area contributed by atoms with E-state index in [1.807, 2.05) is 6.92 Å². The first kappa shape index (κ1) is 14.0. The van der Waals surface area contributed by atoms with Crippen molar-refractivity contribution in [1.82, 2.24) is 10.2 Å². The van der Waals surface area contributed by atoms with Crippen LogP contribution in [-0.2, 0) is 6.54 Å². The summed E-state index contributed by atoms with van der Waals surface area (Å²) in [5.41, 5.74) is 5.83. The molecule has 0 heterocycles. The van der Waals surface area contributed by atoms with Crippen molar-refractivity contribution in [2.24, 2.45) is 5.73 Å². The number of urea groups is 2. The van der Waals surface area contributed by atoms with Gasteiger partial charge in [-0.25, -0.2) is 18.9 Å². The molecule has 0 aromatic heterocycles. The maximum absolute atomic E-state index is 12.7. The highest BCUT2D eigenvalue weighted by molar-refractivity contribution is 5.92. The van der Waals surface area contributed by atoms with Gasteiger partial charge in [0.1, 0.15) is 5.82 Å². The summed E-state index contributed by atoms with van der Waals surface area (Å²) in [6.07, 6.45) is 0.632. The highest BCUT2D eigenvalue weighted by Gasteiger charge is 2.16. The van der Waals surface area contributed by atoms with Gasteiger partial charge in [-0.2, -0.15) is 0 Å². The molecular formula is C12H16FN3O2. The lowest BCUT2D eigenvalue weighted by atomic mass is 10.2. The number of benzene rings is 1. The predicted molar refractivity (Wildman–Crippen MR) is 65.2 cm³/mol. The van der Waals surface area contributed by atoms with E-state index in [0.29, 0.717) is 6.42 Å². The van der Waals surface area contributed by atoms with Crippen molar-refractivity contribution in [3.63, 3.8) is 0 Å². The molecule has 4 amide bonds. The van der Waals surface area contributed by atoms with Gasteiger partial charge in [-0.3, -0.25) is 0 Å². The van der Waals surface area contributed by atoms with Crippen LogP contribution in [-0.4, -0.2) is 23.5 Å². The van der Waals surface area contributed by atoms with E-state index in [0.717, 1.165) is 10.5 Å². The highest BCUT2D eigenvalue weighted by Crippen LogP contribution is 2.02. The van der Waals surface area contributed by atoms with Gasteiger partial charge < -0.3 is 11.1 Å². The maximum atomic E-state index is 12.7. The molecule has 0 atom stereocenters. The van der Waals surface area contributed by atoms with E-state index in [1.165, 1.54) is 12.1 Å². The molecule has 1 aromatic carbocycles. The van der Waals surface area contributed by atoms with Crippen molar-refractivity contribution < 1.29 is 14.0 Å². The predicted octanol–water partition coefficient (Wildman–Crippen LogP) is 1.83. The van der Waals surface area contributed by atoms with Gasteiger partial charge in [0, 0.05) is 13.1 Å². The Balaban J connectivity index is 2.53. The molecular weight excluding hydrogens is 237 g/mol. The minimum Gasteiger partial charge on any atom is -0.351 e. The number of primary amides is 1. The molecule has 0 aliphatic heterocycles. The maximum Gasteiger partial charge on any atom is 0.325 e. The van der Waals surface area contributed by atoms with Gasteiger partial charge in [0.25, 0.3) is 0 Å². The molecule has 0 aliphatic carbocycles. The summed E-state index contributed by atoms with van der Waals surface area (Å²) in [6, 6.07) is 4.40. The summed E-state index contributed by atoms with van der Waals surface area (Å²) in [5.74, 6) is -0.338. The van der Waals surface area contributed by atoms with Crippen molar-refractivity contribution in [3.05, 3.63) is 35.6 Å². The summed E-state index contributed by atoms with van der Waals surface area (Å²) in [5, 5.41) is 2.55. The Morgan fingerprint density at radius 1 is 1.33 bits per heavy atom. The third-order valence-corrected chi connectivity index (χ3v) is 2.32. The second-order valence-electron chi connectivity index (χ2n) is 3.78. The van der Waals surface area contributed by atoms with Gasteiger partial charge in [0.05, 0.1) is 0 Å². The Morgan fingerprint density at radius 2 is 1.94 bits per heavy atom. The molecule has 0 saturated carbocycles. The largest absolute Gasteiger partial charge is 0.351 e. The topological polar surface area (TPSA) is 75.4 Å². The fraction of sp³-hybridized carbons (Fsp3) is 0.333. The number of hydrogen-bond acceptors (Lipinski definition) is 2. The highest BCUT2D eigenvalue weighted by atomic mass is 19.1. The lowest BCUT2D eigenvalue weighted by Crippen LogP contribution is -2.46. The number of nitrogens with zero attached hydrogens (tertiary/aromatic N) is 1. The van der Waals surface area contributed by atoms with Crippen LogP contribution in [0, 0.1) is 5.82 Å². The van der Waals surface area contributed by atoms with Crippen LogP contribution in [0.3, 0.4) is 0 Å². The second-order valence-corrected chi connectivity index (χ2v) is 3.78. The molecule has 0 bridgehead atoms. The van der Waals surface area contributed by atoms with Crippen LogP contribution >= 0.6 is 0 Å². The van der Waals surface area contributed by atoms with E-state index in [2.05, 4.69) is 5.32 Å². The van der Waals surface area contributed by atoms with Crippen LogP contribution in [0.1, 0.15) is 18.9 Å². The van der Waals surface area contributed by atoms with E-state index < -0.39 is 12.1 Å². The Morgan fingerprint density at radius 3 is 2.44 bits per heavy atom. The van der Waals surface area contributed by atoms with Crippen LogP contribution in [0.25, 0.3) is 0 Å². The molecule has 3 N–H and O–H groups in total. The van der Waals surface area contributed by atoms with Crippen molar-refractivity contribution in [2.45, 2.75) is 19.9 Å². The van der Waals surface area contributed by atoms with Crippen molar-refractivity contribution >= 4 is 12.1 Å². The summed E-state index contributed by atoms with van der Waals surface area (Å²) in [4.78, 5) is 23.6. The van der Waals surface area contributed by atoms with Gasteiger partial charge in [-0.15, -0.1) is 0 Å². The summed E-state index contributed by atoms with van der Waals surface area (Å²) in [7, 11) is 0. The zero-order valence-corrected chi connectivity index (χ0v) is 10.1. The standard InChI is InChI=1S/C12H16FN3O2/c1-2-7-16(11(14)17)12(18)15-8-9-3-5-10(13)6-4-9/h3-6H,2,7-8H2,1H3,(H2,14,17)(H,15,18). The summed E-state index contributed by atoms with van der Waals surface area (Å²) < 4.78 is 12.7. The average molecular weight is 253 g/mol. The molecule has 1 aromatic rings. The second kappa shape index (κ2) is 6.58. The Hall–Kier alpha value is -2.11. The van der Waals surface area contributed by atoms with Gasteiger partial charge in [0.2, 0.25) is 0 Å². The first-order valence-corrected chi connectivity index (χ1v) is 5.63. The number of nitrogens with two attached hydrogens (primary N) is 1. The van der Waals surface area contributed by atoms with Crippen LogP contribution < -0.4 is 11.1 Å². The van der Waals surface area contributed by atoms with Gasteiger partial charge in [-0.05, 0) is 24.1 Å². The average Bonchev–Trinajstić information content (AvgIpc) is 2.34. The van der Waals surface area contributed by atoms with Gasteiger partial charge in [-0.1, -0.05) is 19.1 Å². The Labute approximate surface area is 105 Å². The van der Waals surface area contributed by atoms with E-state index in [4.69, 9.17) is 5.73 Å². The number of amides is 4. The van der Waals surface area contributed by atoms with Gasteiger partial charge >= 0.3 is 12.1 Å². The Bertz CT molecular complexity index is 420. The number of carbonyl (C=O) groups is 2. The van der Waals surface area contributed by atoms with E-state index in [9.17, 15) is 14.0 Å². The molecule has 1 rings (SSSR count). The summed E-state index contributed by atoms with van der Waals surface area (Å²) in [6.45, 7) is 2.32. The quantitative estimate of drug-likeness (QED) is 0.858. The molecule has 0 saturated heterocycles. The fourth-order valence-electron chi connectivity index (χ4n) is 1.41. The number of imide groups is 1. The fourth-order valence-corrected chi connectivity index (χ4v) is 1.41. The number of nitrogens with one attached hydrogen (secondary N) is 1. The molecule has 18 heavy (non-hydrogen) atoms. The monoisotopic (exact) mass is 253 g/mol. The summed E-state index contributed by atoms with van der Waals surface area (Å²) >= 11 is 0. The molecule has 0 aliphatic rings. The van der Waals surface area contributed by atoms with Crippen molar-refractivity contribution in [3.8, 4) is 0 Å². The minimum atomic E-state index is -0.784. The zero-order valence-electron chi connectivity index (χ0n) is 10.1. The number of carbonyl (C=O) groups excluding carboxylic acids is 2. The Kier molecular flexibility index (Phi) is 5.10. The molecule has 0 unspecified atom stereocenters. The third kappa shape index (κ3) is 4.04.